The van der Waals surface area contributed by atoms with Gasteiger partial charge in [-0.15, -0.1) is 0 Å². The fourth-order valence-electron chi connectivity index (χ4n) is 4.28. The average Bonchev–Trinajstić information content (AvgIpc) is 2.40. The highest BCUT2D eigenvalue weighted by atomic mass is 14.5. The molecule has 0 saturated heterocycles. The zero-order valence-corrected chi connectivity index (χ0v) is 12.9. The molecule has 3 fully saturated rings. The molecule has 0 aliphatic heterocycles. The van der Waals surface area contributed by atoms with Crippen molar-refractivity contribution in [1.29, 1.82) is 0 Å². The van der Waals surface area contributed by atoms with Crippen molar-refractivity contribution in [1.82, 2.24) is 0 Å². The lowest BCUT2D eigenvalue weighted by Gasteiger charge is -2.52. The summed E-state index contributed by atoms with van der Waals surface area (Å²) in [5, 5.41) is 0. The Morgan fingerprint density at radius 1 is 0.667 bits per heavy atom. The average molecular weight is 250 g/mol. The number of fused-ring (bicyclic) bond motifs is 3. The molecule has 0 heteroatoms. The summed E-state index contributed by atoms with van der Waals surface area (Å²) in [7, 11) is 0. The molecule has 0 aromatic rings. The van der Waals surface area contributed by atoms with Crippen LogP contribution >= 0.6 is 0 Å². The molecule has 0 radical (unpaired) electrons. The highest BCUT2D eigenvalue weighted by molar-refractivity contribution is 4.97. The quantitative estimate of drug-likeness (QED) is 0.432. The van der Waals surface area contributed by atoms with Crippen molar-refractivity contribution < 1.29 is 0 Å². The van der Waals surface area contributed by atoms with E-state index in [0.29, 0.717) is 0 Å². The summed E-state index contributed by atoms with van der Waals surface area (Å²) in [5.41, 5.74) is 1.56. The van der Waals surface area contributed by atoms with E-state index < -0.39 is 0 Å². The minimum atomic E-state index is 0.752. The van der Waals surface area contributed by atoms with Crippen LogP contribution in [0.1, 0.15) is 104 Å². The van der Waals surface area contributed by atoms with Crippen molar-refractivity contribution in [2.75, 3.05) is 0 Å². The fraction of sp³-hybridized carbons (Fsp3) is 1.00. The van der Waals surface area contributed by atoms with Gasteiger partial charge in [0, 0.05) is 0 Å². The lowest BCUT2D eigenvalue weighted by molar-refractivity contribution is -0.00413. The summed E-state index contributed by atoms with van der Waals surface area (Å²) in [4.78, 5) is 0. The van der Waals surface area contributed by atoms with Crippen LogP contribution in [0.15, 0.2) is 0 Å². The van der Waals surface area contributed by atoms with Gasteiger partial charge in [-0.3, -0.25) is 0 Å². The van der Waals surface area contributed by atoms with E-state index in [4.69, 9.17) is 0 Å². The molecule has 0 atom stereocenters. The summed E-state index contributed by atoms with van der Waals surface area (Å²) in [6.45, 7) is 4.84. The minimum absolute atomic E-state index is 0.752. The largest absolute Gasteiger partial charge is 0.0654 e. The lowest BCUT2D eigenvalue weighted by Crippen LogP contribution is -2.39. The van der Waals surface area contributed by atoms with Gasteiger partial charge in [0.1, 0.15) is 0 Å². The normalized spacial score (nSPS) is 35.0. The number of rotatable bonds is 8. The van der Waals surface area contributed by atoms with Gasteiger partial charge < -0.3 is 0 Å². The standard InChI is InChI=1S/C18H34/c1-3-4-5-6-7-8-9-10-18-14-11-17(2,12-15-18)13-16-18/h3-16H2,1-2H3. The molecule has 2 bridgehead atoms. The molecule has 0 amide bonds. The van der Waals surface area contributed by atoms with Crippen molar-refractivity contribution in [3.05, 3.63) is 0 Å². The Labute approximate surface area is 115 Å². The smallest absolute Gasteiger partial charge is 0.0297 e. The van der Waals surface area contributed by atoms with Gasteiger partial charge >= 0.3 is 0 Å². The number of hydrogen-bond donors (Lipinski definition) is 0. The van der Waals surface area contributed by atoms with Gasteiger partial charge in [0.05, 0.1) is 0 Å². The van der Waals surface area contributed by atoms with Gasteiger partial charge in [0.25, 0.3) is 0 Å². The first kappa shape index (κ1) is 14.4. The molecular weight excluding hydrogens is 216 g/mol. The third-order valence-corrected chi connectivity index (χ3v) is 6.09. The maximum Gasteiger partial charge on any atom is -0.0297 e. The Balaban J connectivity index is 1.57. The fourth-order valence-corrected chi connectivity index (χ4v) is 4.28. The van der Waals surface area contributed by atoms with Gasteiger partial charge in [0.15, 0.2) is 0 Å². The van der Waals surface area contributed by atoms with E-state index in [-0.39, 0.29) is 0 Å². The summed E-state index contributed by atoms with van der Waals surface area (Å²) >= 11 is 0. The van der Waals surface area contributed by atoms with Crippen molar-refractivity contribution in [2.24, 2.45) is 10.8 Å². The molecule has 0 heterocycles. The van der Waals surface area contributed by atoms with E-state index in [2.05, 4.69) is 13.8 Å². The molecule has 3 rings (SSSR count). The Morgan fingerprint density at radius 2 is 1.17 bits per heavy atom. The maximum atomic E-state index is 2.53. The summed E-state index contributed by atoms with van der Waals surface area (Å²) in [5.74, 6) is 0. The first-order valence-corrected chi connectivity index (χ1v) is 8.68. The lowest BCUT2D eigenvalue weighted by atomic mass is 9.53. The van der Waals surface area contributed by atoms with Gasteiger partial charge in [-0.05, 0) is 55.8 Å². The van der Waals surface area contributed by atoms with Crippen LogP contribution < -0.4 is 0 Å². The van der Waals surface area contributed by atoms with Crippen molar-refractivity contribution >= 4 is 0 Å². The highest BCUT2D eigenvalue weighted by Crippen LogP contribution is 2.58. The molecule has 0 N–H and O–H groups in total. The molecule has 0 aromatic heterocycles. The second-order valence-corrected chi connectivity index (χ2v) is 7.68. The van der Waals surface area contributed by atoms with E-state index in [1.54, 1.807) is 25.7 Å². The van der Waals surface area contributed by atoms with Gasteiger partial charge in [-0.1, -0.05) is 58.8 Å². The van der Waals surface area contributed by atoms with E-state index in [1.807, 2.05) is 0 Å². The molecule has 0 nitrogen and oxygen atoms in total. The second kappa shape index (κ2) is 6.44. The van der Waals surface area contributed by atoms with Crippen LogP contribution in [-0.4, -0.2) is 0 Å². The zero-order chi connectivity index (χ0) is 12.9. The SMILES string of the molecule is CCCCCCCCCC12CCC(C)(CC1)CC2. The highest BCUT2D eigenvalue weighted by Gasteiger charge is 2.45. The van der Waals surface area contributed by atoms with Crippen LogP contribution in [0, 0.1) is 10.8 Å². The third kappa shape index (κ3) is 3.75. The van der Waals surface area contributed by atoms with Crippen LogP contribution in [0.5, 0.6) is 0 Å². The first-order chi connectivity index (χ1) is 8.68. The molecule has 3 saturated carbocycles. The number of hydrogen-bond acceptors (Lipinski definition) is 0. The minimum Gasteiger partial charge on any atom is -0.0654 e. The predicted octanol–water partition coefficient (Wildman–Crippen LogP) is 6.49. The van der Waals surface area contributed by atoms with Crippen LogP contribution in [0.2, 0.25) is 0 Å². The second-order valence-electron chi connectivity index (χ2n) is 7.68. The Hall–Kier alpha value is 0. The number of unbranched alkanes of at least 4 members (excludes halogenated alkanes) is 6. The van der Waals surface area contributed by atoms with Gasteiger partial charge in [0.2, 0.25) is 0 Å². The van der Waals surface area contributed by atoms with Crippen molar-refractivity contribution in [3.63, 3.8) is 0 Å². The Bertz CT molecular complexity index is 216. The van der Waals surface area contributed by atoms with Gasteiger partial charge in [-0.25, -0.2) is 0 Å². The van der Waals surface area contributed by atoms with Crippen LogP contribution in [0.25, 0.3) is 0 Å². The molecule has 0 spiro atoms. The summed E-state index contributed by atoms with van der Waals surface area (Å²) in [6, 6.07) is 0. The maximum absolute atomic E-state index is 2.53. The molecule has 0 unspecified atom stereocenters. The third-order valence-electron chi connectivity index (χ3n) is 6.09. The molecule has 18 heavy (non-hydrogen) atoms. The summed E-state index contributed by atoms with van der Waals surface area (Å²) < 4.78 is 0. The Morgan fingerprint density at radius 3 is 1.72 bits per heavy atom. The molecule has 3 aliphatic carbocycles. The molecule has 0 aromatic carbocycles. The summed E-state index contributed by atoms with van der Waals surface area (Å²) in [6.07, 6.45) is 21.1. The van der Waals surface area contributed by atoms with E-state index >= 15 is 0 Å². The monoisotopic (exact) mass is 250 g/mol. The molecule has 3 aliphatic rings. The van der Waals surface area contributed by atoms with Crippen molar-refractivity contribution in [2.45, 2.75) is 104 Å². The first-order valence-electron chi connectivity index (χ1n) is 8.68. The van der Waals surface area contributed by atoms with E-state index in [1.165, 1.54) is 64.2 Å². The van der Waals surface area contributed by atoms with Crippen LogP contribution in [0.4, 0.5) is 0 Å². The predicted molar refractivity (Wildman–Crippen MR) is 80.9 cm³/mol. The van der Waals surface area contributed by atoms with Gasteiger partial charge in [-0.2, -0.15) is 0 Å². The molecule has 106 valence electrons. The van der Waals surface area contributed by atoms with E-state index in [0.717, 1.165) is 10.8 Å². The topological polar surface area (TPSA) is 0 Å². The van der Waals surface area contributed by atoms with Crippen molar-refractivity contribution in [3.8, 4) is 0 Å². The Kier molecular flexibility index (Phi) is 5.15. The van der Waals surface area contributed by atoms with Crippen LogP contribution in [0.3, 0.4) is 0 Å². The molecular formula is C18H34. The zero-order valence-electron chi connectivity index (χ0n) is 12.9. The van der Waals surface area contributed by atoms with E-state index in [9.17, 15) is 0 Å². The van der Waals surface area contributed by atoms with Crippen LogP contribution in [-0.2, 0) is 0 Å².